The van der Waals surface area contributed by atoms with Crippen LogP contribution in [0.15, 0.2) is 18.6 Å². The van der Waals surface area contributed by atoms with Crippen molar-refractivity contribution in [3.05, 3.63) is 24.3 Å². The molecule has 8 nitrogen and oxygen atoms in total. The molecule has 0 radical (unpaired) electrons. The smallest absolute Gasteiger partial charge is 0.218 e. The summed E-state index contributed by atoms with van der Waals surface area (Å²) < 4.78 is 6.96. The number of nitrogens with zero attached hydrogens (tertiary/aromatic N) is 6. The summed E-state index contributed by atoms with van der Waals surface area (Å²) in [4.78, 5) is 10.6. The Morgan fingerprint density at radius 2 is 2.14 bits per heavy atom. The fraction of sp³-hybridized carbons (Fsp3) is 0.571. The summed E-state index contributed by atoms with van der Waals surface area (Å²) in [5.74, 6) is 2.06. The number of ether oxygens (including phenoxy) is 1. The Morgan fingerprint density at radius 1 is 1.32 bits per heavy atom. The van der Waals surface area contributed by atoms with Crippen LogP contribution in [0.5, 0.6) is 5.88 Å². The third kappa shape index (κ3) is 3.33. The van der Waals surface area contributed by atoms with Gasteiger partial charge in [0.15, 0.2) is 0 Å². The highest BCUT2D eigenvalue weighted by molar-refractivity contribution is 5.41. The SMILES string of the molecule is COc1cc(N2CCC(Cn3cc(CO)nn3)CC2)ncn1. The largest absolute Gasteiger partial charge is 0.481 e. The Labute approximate surface area is 128 Å². The normalized spacial score (nSPS) is 16.0. The molecule has 118 valence electrons. The fourth-order valence-electron chi connectivity index (χ4n) is 2.72. The van der Waals surface area contributed by atoms with Gasteiger partial charge >= 0.3 is 0 Å². The van der Waals surface area contributed by atoms with E-state index in [9.17, 15) is 0 Å². The molecule has 3 heterocycles. The van der Waals surface area contributed by atoms with E-state index in [1.165, 1.54) is 6.33 Å². The molecule has 0 atom stereocenters. The van der Waals surface area contributed by atoms with Crippen molar-refractivity contribution in [2.45, 2.75) is 26.0 Å². The second kappa shape index (κ2) is 6.69. The van der Waals surface area contributed by atoms with Crippen molar-refractivity contribution < 1.29 is 9.84 Å². The van der Waals surface area contributed by atoms with Crippen LogP contribution in [0.3, 0.4) is 0 Å². The predicted molar refractivity (Wildman–Crippen MR) is 79.5 cm³/mol. The van der Waals surface area contributed by atoms with Gasteiger partial charge in [-0.25, -0.2) is 9.97 Å². The van der Waals surface area contributed by atoms with Gasteiger partial charge in [0.05, 0.1) is 19.9 Å². The molecule has 1 fully saturated rings. The van der Waals surface area contributed by atoms with Gasteiger partial charge in [-0.1, -0.05) is 5.21 Å². The van der Waals surface area contributed by atoms with Crippen molar-refractivity contribution in [2.75, 3.05) is 25.1 Å². The molecular weight excluding hydrogens is 284 g/mol. The van der Waals surface area contributed by atoms with Crippen LogP contribution in [0.1, 0.15) is 18.5 Å². The van der Waals surface area contributed by atoms with E-state index >= 15 is 0 Å². The molecule has 8 heteroatoms. The first kappa shape index (κ1) is 14.7. The van der Waals surface area contributed by atoms with Crippen molar-refractivity contribution in [1.82, 2.24) is 25.0 Å². The van der Waals surface area contributed by atoms with E-state index in [1.54, 1.807) is 7.11 Å². The van der Waals surface area contributed by atoms with Gasteiger partial charge in [-0.3, -0.25) is 4.68 Å². The van der Waals surface area contributed by atoms with Crippen LogP contribution in [-0.4, -0.2) is 50.3 Å². The van der Waals surface area contributed by atoms with Crippen molar-refractivity contribution in [3.63, 3.8) is 0 Å². The van der Waals surface area contributed by atoms with Crippen LogP contribution in [0, 0.1) is 5.92 Å². The number of aliphatic hydroxyl groups excluding tert-OH is 1. The Kier molecular flexibility index (Phi) is 4.47. The van der Waals surface area contributed by atoms with Crippen LogP contribution in [0.25, 0.3) is 0 Å². The molecule has 0 bridgehead atoms. The zero-order valence-electron chi connectivity index (χ0n) is 12.6. The second-order valence-corrected chi connectivity index (χ2v) is 5.44. The lowest BCUT2D eigenvalue weighted by Gasteiger charge is -2.32. The molecule has 0 unspecified atom stereocenters. The standard InChI is InChI=1S/C14H20N6O2/c1-22-14-6-13(15-10-16-14)19-4-2-11(3-5-19)7-20-8-12(9-21)17-18-20/h6,8,10-11,21H,2-5,7,9H2,1H3. The quantitative estimate of drug-likeness (QED) is 0.859. The summed E-state index contributed by atoms with van der Waals surface area (Å²) in [7, 11) is 1.61. The van der Waals surface area contributed by atoms with Crippen molar-refractivity contribution in [3.8, 4) is 5.88 Å². The highest BCUT2D eigenvalue weighted by Crippen LogP contribution is 2.24. The van der Waals surface area contributed by atoms with Crippen molar-refractivity contribution in [2.24, 2.45) is 5.92 Å². The van der Waals surface area contributed by atoms with E-state index < -0.39 is 0 Å². The molecule has 22 heavy (non-hydrogen) atoms. The first-order valence-electron chi connectivity index (χ1n) is 7.39. The lowest BCUT2D eigenvalue weighted by Crippen LogP contribution is -2.35. The lowest BCUT2D eigenvalue weighted by atomic mass is 9.97. The average molecular weight is 304 g/mol. The minimum atomic E-state index is -0.0615. The summed E-state index contributed by atoms with van der Waals surface area (Å²) in [6.07, 6.45) is 5.48. The molecule has 1 saturated heterocycles. The van der Waals surface area contributed by atoms with E-state index in [0.29, 0.717) is 17.5 Å². The zero-order valence-corrected chi connectivity index (χ0v) is 12.6. The highest BCUT2D eigenvalue weighted by atomic mass is 16.5. The molecule has 0 spiro atoms. The minimum absolute atomic E-state index is 0.0615. The van der Waals surface area contributed by atoms with Gasteiger partial charge in [-0.05, 0) is 18.8 Å². The van der Waals surface area contributed by atoms with E-state index in [2.05, 4.69) is 25.2 Å². The maximum atomic E-state index is 9.02. The Balaban J connectivity index is 1.55. The maximum absolute atomic E-state index is 9.02. The molecule has 2 aromatic heterocycles. The van der Waals surface area contributed by atoms with Gasteiger partial charge in [-0.15, -0.1) is 5.10 Å². The van der Waals surface area contributed by atoms with Crippen molar-refractivity contribution >= 4 is 5.82 Å². The number of hydrogen-bond donors (Lipinski definition) is 1. The predicted octanol–water partition coefficient (Wildman–Crippen LogP) is 0.486. The topological polar surface area (TPSA) is 89.2 Å². The van der Waals surface area contributed by atoms with E-state index in [4.69, 9.17) is 9.84 Å². The molecule has 0 aromatic carbocycles. The first-order valence-corrected chi connectivity index (χ1v) is 7.39. The summed E-state index contributed by atoms with van der Waals surface area (Å²) in [6, 6.07) is 1.87. The van der Waals surface area contributed by atoms with Crippen LogP contribution < -0.4 is 9.64 Å². The fourth-order valence-corrected chi connectivity index (χ4v) is 2.72. The van der Waals surface area contributed by atoms with Crippen LogP contribution in [0.4, 0.5) is 5.82 Å². The second-order valence-electron chi connectivity index (χ2n) is 5.44. The van der Waals surface area contributed by atoms with Crippen LogP contribution in [0.2, 0.25) is 0 Å². The number of hydrogen-bond acceptors (Lipinski definition) is 7. The molecule has 1 aliphatic heterocycles. The van der Waals surface area contributed by atoms with Gasteiger partial charge in [0.2, 0.25) is 5.88 Å². The minimum Gasteiger partial charge on any atom is -0.481 e. The lowest BCUT2D eigenvalue weighted by molar-refractivity contribution is 0.276. The number of piperidine rings is 1. The number of anilines is 1. The van der Waals surface area contributed by atoms with Crippen molar-refractivity contribution in [1.29, 1.82) is 0 Å². The highest BCUT2D eigenvalue weighted by Gasteiger charge is 2.21. The average Bonchev–Trinajstić information content (AvgIpc) is 3.03. The number of rotatable bonds is 5. The van der Waals surface area contributed by atoms with Gasteiger partial charge < -0.3 is 14.7 Å². The summed E-state index contributed by atoms with van der Waals surface area (Å²) in [6.45, 7) is 2.68. The Hall–Kier alpha value is -2.22. The van der Waals surface area contributed by atoms with Crippen LogP contribution in [-0.2, 0) is 13.2 Å². The molecule has 0 saturated carbocycles. The summed E-state index contributed by atoms with van der Waals surface area (Å²) >= 11 is 0. The Morgan fingerprint density at radius 3 is 2.82 bits per heavy atom. The Bertz CT molecular complexity index is 609. The first-order chi connectivity index (χ1) is 10.8. The summed E-state index contributed by atoms with van der Waals surface area (Å²) in [5, 5.41) is 17.0. The molecule has 2 aromatic rings. The molecule has 3 rings (SSSR count). The number of aromatic nitrogens is 5. The van der Waals surface area contributed by atoms with E-state index in [1.807, 2.05) is 16.9 Å². The third-order valence-corrected chi connectivity index (χ3v) is 3.97. The van der Waals surface area contributed by atoms with Crippen LogP contribution >= 0.6 is 0 Å². The molecular formula is C14H20N6O2. The molecule has 1 N–H and O–H groups in total. The number of methoxy groups -OCH3 is 1. The summed E-state index contributed by atoms with van der Waals surface area (Å²) in [5.41, 5.74) is 0.616. The van der Waals surface area contributed by atoms with Gasteiger partial charge in [-0.2, -0.15) is 0 Å². The van der Waals surface area contributed by atoms with Gasteiger partial charge in [0.25, 0.3) is 0 Å². The number of aliphatic hydroxyl groups is 1. The van der Waals surface area contributed by atoms with Gasteiger partial charge in [0.1, 0.15) is 17.8 Å². The molecule has 0 amide bonds. The maximum Gasteiger partial charge on any atom is 0.218 e. The van der Waals surface area contributed by atoms with Gasteiger partial charge in [0, 0.05) is 25.7 Å². The molecule has 1 aliphatic rings. The molecule has 0 aliphatic carbocycles. The third-order valence-electron chi connectivity index (χ3n) is 3.97. The monoisotopic (exact) mass is 304 g/mol. The van der Waals surface area contributed by atoms with E-state index in [-0.39, 0.29) is 6.61 Å². The van der Waals surface area contributed by atoms with E-state index in [0.717, 1.165) is 38.3 Å². The zero-order chi connectivity index (χ0) is 15.4.